The predicted octanol–water partition coefficient (Wildman–Crippen LogP) is 0.359. The second-order valence-electron chi connectivity index (χ2n) is 2.23. The highest BCUT2D eigenvalue weighted by atomic mass is 16.5. The Morgan fingerprint density at radius 3 is 2.36 bits per heavy atom. The molecule has 0 N–H and O–H groups in total. The van der Waals surface area contributed by atoms with Gasteiger partial charge in [-0.1, -0.05) is 0 Å². The largest absolute Gasteiger partial charge is 0.469 e. The minimum absolute atomic E-state index is 0.0853. The maximum atomic E-state index is 10.7. The number of methoxy groups -OCH3 is 1. The molecule has 0 fully saturated rings. The summed E-state index contributed by atoms with van der Waals surface area (Å²) in [5.41, 5.74) is 0. The highest BCUT2D eigenvalue weighted by Gasteiger charge is 2.13. The molecule has 0 spiro atoms. The number of hydrogen-bond donors (Lipinski definition) is 0. The van der Waals surface area contributed by atoms with Gasteiger partial charge in [0.1, 0.15) is 6.61 Å². The Morgan fingerprint density at radius 1 is 1.45 bits per heavy atom. The van der Waals surface area contributed by atoms with Crippen molar-refractivity contribution in [1.82, 2.24) is 0 Å². The molecule has 0 bridgehead atoms. The Balaban J connectivity index is 3.60. The summed E-state index contributed by atoms with van der Waals surface area (Å²) in [5, 5.41) is 0. The Labute approximate surface area is 65.5 Å². The third-order valence-corrected chi connectivity index (χ3v) is 1.14. The minimum atomic E-state index is -0.388. The highest BCUT2D eigenvalue weighted by molar-refractivity contribution is 5.72. The van der Waals surface area contributed by atoms with E-state index in [1.165, 1.54) is 14.0 Å². The maximum absolute atomic E-state index is 10.7. The predicted molar refractivity (Wildman–Crippen MR) is 37.8 cm³/mol. The van der Waals surface area contributed by atoms with E-state index in [4.69, 9.17) is 0 Å². The fraction of sp³-hybridized carbons (Fsp3) is 0.714. The molecule has 64 valence electrons. The number of carbonyl (C=O) groups excluding carboxylic acids is 2. The van der Waals surface area contributed by atoms with Crippen molar-refractivity contribution in [3.63, 3.8) is 0 Å². The van der Waals surface area contributed by atoms with Gasteiger partial charge in [0, 0.05) is 6.92 Å². The van der Waals surface area contributed by atoms with Crippen molar-refractivity contribution in [3.05, 3.63) is 0 Å². The van der Waals surface area contributed by atoms with E-state index >= 15 is 0 Å². The van der Waals surface area contributed by atoms with Crippen molar-refractivity contribution in [3.8, 4) is 0 Å². The summed E-state index contributed by atoms with van der Waals surface area (Å²) in [6, 6.07) is 0. The summed E-state index contributed by atoms with van der Waals surface area (Å²) in [4.78, 5) is 21.0. The van der Waals surface area contributed by atoms with E-state index < -0.39 is 0 Å². The van der Waals surface area contributed by atoms with Gasteiger partial charge in [0.15, 0.2) is 0 Å². The molecule has 4 nitrogen and oxygen atoms in total. The topological polar surface area (TPSA) is 52.6 Å². The molecule has 0 heterocycles. The maximum Gasteiger partial charge on any atom is 0.311 e. The van der Waals surface area contributed by atoms with Crippen LogP contribution < -0.4 is 0 Å². The fourth-order valence-corrected chi connectivity index (χ4v) is 0.512. The van der Waals surface area contributed by atoms with Crippen LogP contribution in [0.5, 0.6) is 0 Å². The molecule has 4 heteroatoms. The Kier molecular flexibility index (Phi) is 4.26. The van der Waals surface area contributed by atoms with Gasteiger partial charge in [0.2, 0.25) is 0 Å². The first-order valence-corrected chi connectivity index (χ1v) is 3.29. The molecule has 0 aliphatic rings. The van der Waals surface area contributed by atoms with E-state index in [0.717, 1.165) is 0 Å². The van der Waals surface area contributed by atoms with Gasteiger partial charge < -0.3 is 9.47 Å². The SMILES string of the molecule is COC(=O)[C@@H](C)COC(C)=O. The first-order valence-electron chi connectivity index (χ1n) is 3.29. The van der Waals surface area contributed by atoms with Crippen LogP contribution in [0.4, 0.5) is 0 Å². The quantitative estimate of drug-likeness (QED) is 0.559. The molecule has 0 unspecified atom stereocenters. The van der Waals surface area contributed by atoms with Crippen LogP contribution in [0.15, 0.2) is 0 Å². The molecule has 0 radical (unpaired) electrons. The smallest absolute Gasteiger partial charge is 0.311 e. The summed E-state index contributed by atoms with van der Waals surface area (Å²) in [6.45, 7) is 3.01. The van der Waals surface area contributed by atoms with Crippen molar-refractivity contribution >= 4 is 11.9 Å². The average molecular weight is 160 g/mol. The molecule has 0 amide bonds. The summed E-state index contributed by atoms with van der Waals surface area (Å²) in [6.07, 6.45) is 0. The van der Waals surface area contributed by atoms with Crippen LogP contribution in [0.25, 0.3) is 0 Å². The van der Waals surface area contributed by atoms with Crippen molar-refractivity contribution in [2.24, 2.45) is 5.92 Å². The van der Waals surface area contributed by atoms with Gasteiger partial charge in [-0.05, 0) is 6.92 Å². The monoisotopic (exact) mass is 160 g/mol. The number of carbonyl (C=O) groups is 2. The zero-order valence-corrected chi connectivity index (χ0v) is 6.92. The van der Waals surface area contributed by atoms with E-state index in [1.54, 1.807) is 6.92 Å². The van der Waals surface area contributed by atoms with E-state index in [1.807, 2.05) is 0 Å². The van der Waals surface area contributed by atoms with Crippen molar-refractivity contribution in [1.29, 1.82) is 0 Å². The van der Waals surface area contributed by atoms with Gasteiger partial charge in [0.25, 0.3) is 0 Å². The van der Waals surface area contributed by atoms with Gasteiger partial charge in [-0.25, -0.2) is 0 Å². The molecule has 0 aliphatic carbocycles. The summed E-state index contributed by atoms with van der Waals surface area (Å²) < 4.78 is 9.00. The van der Waals surface area contributed by atoms with Gasteiger partial charge in [-0.3, -0.25) is 9.59 Å². The normalized spacial score (nSPS) is 11.9. The molecule has 0 rings (SSSR count). The average Bonchev–Trinajstić information content (AvgIpc) is 1.98. The lowest BCUT2D eigenvalue weighted by molar-refractivity contribution is -0.151. The first kappa shape index (κ1) is 9.94. The van der Waals surface area contributed by atoms with Crippen LogP contribution in [-0.4, -0.2) is 25.7 Å². The van der Waals surface area contributed by atoms with Crippen molar-refractivity contribution in [2.45, 2.75) is 13.8 Å². The molecule has 0 aliphatic heterocycles. The van der Waals surface area contributed by atoms with E-state index in [9.17, 15) is 9.59 Å². The fourth-order valence-electron chi connectivity index (χ4n) is 0.512. The summed E-state index contributed by atoms with van der Waals surface area (Å²) in [7, 11) is 1.30. The van der Waals surface area contributed by atoms with Gasteiger partial charge in [-0.2, -0.15) is 0 Å². The third-order valence-electron chi connectivity index (χ3n) is 1.14. The molecule has 11 heavy (non-hydrogen) atoms. The zero-order valence-electron chi connectivity index (χ0n) is 6.92. The van der Waals surface area contributed by atoms with E-state index in [-0.39, 0.29) is 24.5 Å². The zero-order chi connectivity index (χ0) is 8.85. The van der Waals surface area contributed by atoms with Crippen molar-refractivity contribution < 1.29 is 19.1 Å². The standard InChI is InChI=1S/C7H12O4/c1-5(7(9)10-3)4-11-6(2)8/h5H,4H2,1-3H3/t5-/m0/s1. The molecular formula is C7H12O4. The Bertz CT molecular complexity index is 153. The third kappa shape index (κ3) is 4.36. The molecular weight excluding hydrogens is 148 g/mol. The molecule has 0 aromatic carbocycles. The van der Waals surface area contributed by atoms with E-state index in [2.05, 4.69) is 9.47 Å². The Morgan fingerprint density at radius 2 is 2.00 bits per heavy atom. The number of esters is 2. The second kappa shape index (κ2) is 4.71. The van der Waals surface area contributed by atoms with Crippen LogP contribution >= 0.6 is 0 Å². The number of rotatable bonds is 3. The minimum Gasteiger partial charge on any atom is -0.469 e. The first-order chi connectivity index (χ1) is 5.07. The van der Waals surface area contributed by atoms with Crippen LogP contribution in [-0.2, 0) is 19.1 Å². The van der Waals surface area contributed by atoms with Crippen LogP contribution in [0.1, 0.15) is 13.8 Å². The second-order valence-corrected chi connectivity index (χ2v) is 2.23. The Hall–Kier alpha value is -1.06. The van der Waals surface area contributed by atoms with Gasteiger partial charge in [-0.15, -0.1) is 0 Å². The van der Waals surface area contributed by atoms with Crippen LogP contribution in [0.2, 0.25) is 0 Å². The van der Waals surface area contributed by atoms with Crippen LogP contribution in [0, 0.1) is 5.92 Å². The van der Waals surface area contributed by atoms with Gasteiger partial charge in [0.05, 0.1) is 13.0 Å². The molecule has 0 saturated heterocycles. The molecule has 0 aromatic rings. The van der Waals surface area contributed by atoms with Gasteiger partial charge >= 0.3 is 11.9 Å². The molecule has 1 atom stereocenters. The molecule has 0 saturated carbocycles. The lowest BCUT2D eigenvalue weighted by atomic mass is 10.2. The number of ether oxygens (including phenoxy) is 2. The highest BCUT2D eigenvalue weighted by Crippen LogP contribution is 1.97. The summed E-state index contributed by atoms with van der Waals surface area (Å²) in [5.74, 6) is -1.14. The lowest BCUT2D eigenvalue weighted by Gasteiger charge is -2.07. The summed E-state index contributed by atoms with van der Waals surface area (Å²) >= 11 is 0. The lowest BCUT2D eigenvalue weighted by Crippen LogP contribution is -2.19. The van der Waals surface area contributed by atoms with Crippen LogP contribution in [0.3, 0.4) is 0 Å². The number of hydrogen-bond acceptors (Lipinski definition) is 4. The molecule has 0 aromatic heterocycles. The van der Waals surface area contributed by atoms with Crippen molar-refractivity contribution in [2.75, 3.05) is 13.7 Å². The van der Waals surface area contributed by atoms with E-state index in [0.29, 0.717) is 0 Å².